The van der Waals surface area contributed by atoms with Gasteiger partial charge in [-0.2, -0.15) is 0 Å². The average molecular weight is 280 g/mol. The summed E-state index contributed by atoms with van der Waals surface area (Å²) in [6.07, 6.45) is -0.0840. The number of amides is 1. The van der Waals surface area contributed by atoms with Crippen molar-refractivity contribution in [3.05, 3.63) is 24.3 Å². The van der Waals surface area contributed by atoms with Gasteiger partial charge in [0.25, 0.3) is 5.22 Å². The smallest absolute Gasteiger partial charge is 0.305 e. The van der Waals surface area contributed by atoms with Gasteiger partial charge in [0.05, 0.1) is 12.2 Å². The molecule has 2 aromatic rings. The molecule has 0 aliphatic carbocycles. The van der Waals surface area contributed by atoms with Crippen molar-refractivity contribution >= 4 is 34.7 Å². The van der Waals surface area contributed by atoms with Crippen LogP contribution in [0.5, 0.6) is 0 Å². The Morgan fingerprint density at radius 3 is 2.89 bits per heavy atom. The fourth-order valence-electron chi connectivity index (χ4n) is 1.40. The van der Waals surface area contributed by atoms with Crippen molar-refractivity contribution in [1.29, 1.82) is 0 Å². The second-order valence-electron chi connectivity index (χ2n) is 3.73. The van der Waals surface area contributed by atoms with E-state index in [4.69, 9.17) is 9.52 Å². The molecule has 0 saturated heterocycles. The standard InChI is InChI=1S/C12H12N2O4S/c15-10(13-6-5-11(16)17)7-19-12-14-8-3-1-2-4-9(8)18-12/h1-4H,5-7H2,(H,13,15)(H,16,17). The maximum atomic E-state index is 11.4. The van der Waals surface area contributed by atoms with Crippen molar-refractivity contribution in [3.63, 3.8) is 0 Å². The molecule has 1 heterocycles. The Bertz CT molecular complexity index is 563. The Morgan fingerprint density at radius 1 is 1.37 bits per heavy atom. The van der Waals surface area contributed by atoms with Crippen LogP contribution in [0.4, 0.5) is 0 Å². The molecule has 1 aromatic heterocycles. The summed E-state index contributed by atoms with van der Waals surface area (Å²) in [5.41, 5.74) is 1.42. The highest BCUT2D eigenvalue weighted by molar-refractivity contribution is 7.99. The van der Waals surface area contributed by atoms with E-state index in [0.29, 0.717) is 10.8 Å². The molecule has 0 aliphatic rings. The monoisotopic (exact) mass is 280 g/mol. The number of carboxylic acid groups (broad SMARTS) is 1. The number of nitrogens with one attached hydrogen (secondary N) is 1. The number of carbonyl (C=O) groups excluding carboxylic acids is 1. The Morgan fingerprint density at radius 2 is 2.16 bits per heavy atom. The second-order valence-corrected chi connectivity index (χ2v) is 4.66. The van der Waals surface area contributed by atoms with E-state index in [1.807, 2.05) is 18.2 Å². The first-order valence-electron chi connectivity index (χ1n) is 5.62. The first kappa shape index (κ1) is 13.4. The molecule has 1 amide bonds. The molecule has 2 rings (SSSR count). The summed E-state index contributed by atoms with van der Waals surface area (Å²) in [5, 5.41) is 11.4. The van der Waals surface area contributed by atoms with Crippen molar-refractivity contribution in [1.82, 2.24) is 10.3 Å². The zero-order valence-corrected chi connectivity index (χ0v) is 10.8. The minimum atomic E-state index is -0.938. The number of rotatable bonds is 6. The molecule has 0 fully saturated rings. The van der Waals surface area contributed by atoms with Gasteiger partial charge in [-0.05, 0) is 12.1 Å². The van der Waals surface area contributed by atoms with E-state index in [0.717, 1.165) is 5.52 Å². The molecular formula is C12H12N2O4S. The first-order valence-corrected chi connectivity index (χ1v) is 6.60. The van der Waals surface area contributed by atoms with E-state index >= 15 is 0 Å². The molecule has 0 bridgehead atoms. The van der Waals surface area contributed by atoms with Gasteiger partial charge in [-0.25, -0.2) is 4.98 Å². The summed E-state index contributed by atoms with van der Waals surface area (Å²) in [7, 11) is 0. The topological polar surface area (TPSA) is 92.4 Å². The van der Waals surface area contributed by atoms with Crippen molar-refractivity contribution < 1.29 is 19.1 Å². The van der Waals surface area contributed by atoms with Gasteiger partial charge >= 0.3 is 5.97 Å². The van der Waals surface area contributed by atoms with Crippen LogP contribution in [-0.4, -0.2) is 34.3 Å². The van der Waals surface area contributed by atoms with E-state index < -0.39 is 5.97 Å². The van der Waals surface area contributed by atoms with Gasteiger partial charge in [-0.15, -0.1) is 0 Å². The quantitative estimate of drug-likeness (QED) is 0.779. The summed E-state index contributed by atoms with van der Waals surface area (Å²) in [6, 6.07) is 7.34. The average Bonchev–Trinajstić information content (AvgIpc) is 2.78. The van der Waals surface area contributed by atoms with Crippen molar-refractivity contribution in [2.75, 3.05) is 12.3 Å². The number of hydrogen-bond acceptors (Lipinski definition) is 5. The fourth-order valence-corrected chi connectivity index (χ4v) is 2.07. The van der Waals surface area contributed by atoms with E-state index in [2.05, 4.69) is 10.3 Å². The first-order chi connectivity index (χ1) is 9.15. The van der Waals surface area contributed by atoms with Crippen LogP contribution in [0.25, 0.3) is 11.1 Å². The van der Waals surface area contributed by atoms with Gasteiger partial charge in [0.2, 0.25) is 5.91 Å². The van der Waals surface area contributed by atoms with Gasteiger partial charge in [0, 0.05) is 6.54 Å². The summed E-state index contributed by atoms with van der Waals surface area (Å²) >= 11 is 1.18. The summed E-state index contributed by atoms with van der Waals surface area (Å²) in [5.74, 6) is -1.03. The predicted molar refractivity (Wildman–Crippen MR) is 70.0 cm³/mol. The summed E-state index contributed by atoms with van der Waals surface area (Å²) in [4.78, 5) is 25.9. The molecule has 0 atom stereocenters. The van der Waals surface area contributed by atoms with Crippen molar-refractivity contribution in [2.24, 2.45) is 0 Å². The number of fused-ring (bicyclic) bond motifs is 1. The highest BCUT2D eigenvalue weighted by Gasteiger charge is 2.09. The van der Waals surface area contributed by atoms with E-state index in [-0.39, 0.29) is 24.6 Å². The maximum Gasteiger partial charge on any atom is 0.305 e. The zero-order chi connectivity index (χ0) is 13.7. The molecule has 2 N–H and O–H groups in total. The SMILES string of the molecule is O=C(O)CCNC(=O)CSc1nc2ccccc2o1. The van der Waals surface area contributed by atoms with Crippen molar-refractivity contribution in [2.45, 2.75) is 11.6 Å². The maximum absolute atomic E-state index is 11.4. The van der Waals surface area contributed by atoms with Gasteiger partial charge in [0.15, 0.2) is 5.58 Å². The van der Waals surface area contributed by atoms with Gasteiger partial charge < -0.3 is 14.8 Å². The van der Waals surface area contributed by atoms with Gasteiger partial charge in [0.1, 0.15) is 5.52 Å². The third-order valence-corrected chi connectivity index (χ3v) is 3.09. The summed E-state index contributed by atoms with van der Waals surface area (Å²) in [6.45, 7) is 0.127. The van der Waals surface area contributed by atoms with Crippen LogP contribution in [0.15, 0.2) is 33.9 Å². The van der Waals surface area contributed by atoms with Gasteiger partial charge in [-0.1, -0.05) is 23.9 Å². The number of thioether (sulfide) groups is 1. The molecule has 6 nitrogen and oxygen atoms in total. The summed E-state index contributed by atoms with van der Waals surface area (Å²) < 4.78 is 5.44. The molecule has 0 unspecified atom stereocenters. The largest absolute Gasteiger partial charge is 0.481 e. The Balaban J connectivity index is 1.81. The molecule has 0 aliphatic heterocycles. The number of oxazole rings is 1. The number of benzene rings is 1. The fraction of sp³-hybridized carbons (Fsp3) is 0.250. The minimum absolute atomic E-state index is 0.0840. The number of para-hydroxylation sites is 2. The lowest BCUT2D eigenvalue weighted by Crippen LogP contribution is -2.27. The van der Waals surface area contributed by atoms with E-state index in [9.17, 15) is 9.59 Å². The predicted octanol–water partition coefficient (Wildman–Crippen LogP) is 1.51. The van der Waals surface area contributed by atoms with Crippen LogP contribution in [-0.2, 0) is 9.59 Å². The van der Waals surface area contributed by atoms with Crippen LogP contribution in [0.3, 0.4) is 0 Å². The Hall–Kier alpha value is -2.02. The van der Waals surface area contributed by atoms with Gasteiger partial charge in [-0.3, -0.25) is 9.59 Å². The molecule has 19 heavy (non-hydrogen) atoms. The molecule has 0 radical (unpaired) electrons. The number of carbonyl (C=O) groups is 2. The third-order valence-electron chi connectivity index (χ3n) is 2.26. The number of hydrogen-bond donors (Lipinski definition) is 2. The van der Waals surface area contributed by atoms with Crippen LogP contribution in [0.2, 0.25) is 0 Å². The highest BCUT2D eigenvalue weighted by atomic mass is 32.2. The Labute approximate surface area is 113 Å². The normalized spacial score (nSPS) is 10.5. The molecule has 0 spiro atoms. The zero-order valence-electron chi connectivity index (χ0n) is 9.96. The lowest BCUT2D eigenvalue weighted by atomic mass is 10.3. The van der Waals surface area contributed by atoms with Crippen LogP contribution in [0.1, 0.15) is 6.42 Å². The highest BCUT2D eigenvalue weighted by Crippen LogP contribution is 2.22. The number of carboxylic acids is 1. The molecule has 1 aromatic carbocycles. The number of aliphatic carboxylic acids is 1. The minimum Gasteiger partial charge on any atom is -0.481 e. The van der Waals surface area contributed by atoms with Crippen LogP contribution >= 0.6 is 11.8 Å². The lowest BCUT2D eigenvalue weighted by molar-refractivity contribution is -0.136. The third kappa shape index (κ3) is 3.99. The molecule has 100 valence electrons. The number of nitrogens with zero attached hydrogens (tertiary/aromatic N) is 1. The molecular weight excluding hydrogens is 268 g/mol. The molecule has 7 heteroatoms. The van der Waals surface area contributed by atoms with Crippen molar-refractivity contribution in [3.8, 4) is 0 Å². The van der Waals surface area contributed by atoms with E-state index in [1.54, 1.807) is 6.07 Å². The van der Waals surface area contributed by atoms with Crippen LogP contribution in [0, 0.1) is 0 Å². The second kappa shape index (κ2) is 6.24. The van der Waals surface area contributed by atoms with E-state index in [1.165, 1.54) is 11.8 Å². The number of aromatic nitrogens is 1. The lowest BCUT2D eigenvalue weighted by Gasteiger charge is -2.00. The van der Waals surface area contributed by atoms with Crippen LogP contribution < -0.4 is 5.32 Å². The molecule has 0 saturated carbocycles. The Kier molecular flexibility index (Phi) is 4.40.